The molecule has 0 aliphatic carbocycles. The van der Waals surface area contributed by atoms with Crippen molar-refractivity contribution < 1.29 is 9.13 Å². The Morgan fingerprint density at radius 1 is 1.43 bits per heavy atom. The number of halogens is 1. The summed E-state index contributed by atoms with van der Waals surface area (Å²) in [6.07, 6.45) is 4.52. The van der Waals surface area contributed by atoms with Crippen molar-refractivity contribution in [2.24, 2.45) is 7.05 Å². The van der Waals surface area contributed by atoms with E-state index in [1.54, 1.807) is 18.6 Å². The Bertz CT molecular complexity index is 583. The molecule has 0 saturated heterocycles. The fourth-order valence-electron chi connectivity index (χ4n) is 2.14. The number of ether oxygens (including phenoxy) is 1. The molecule has 1 N–H and O–H groups in total. The van der Waals surface area contributed by atoms with Crippen molar-refractivity contribution in [2.45, 2.75) is 32.9 Å². The lowest BCUT2D eigenvalue weighted by atomic mass is 10.1. The van der Waals surface area contributed by atoms with E-state index >= 15 is 0 Å². The van der Waals surface area contributed by atoms with Gasteiger partial charge in [0.1, 0.15) is 18.2 Å². The van der Waals surface area contributed by atoms with Gasteiger partial charge in [0.2, 0.25) is 0 Å². The Morgan fingerprint density at radius 3 is 2.90 bits per heavy atom. The molecule has 0 radical (unpaired) electrons. The summed E-state index contributed by atoms with van der Waals surface area (Å²) >= 11 is 0. The molecule has 0 aliphatic heterocycles. The molecule has 21 heavy (non-hydrogen) atoms. The van der Waals surface area contributed by atoms with Crippen molar-refractivity contribution in [3.63, 3.8) is 0 Å². The summed E-state index contributed by atoms with van der Waals surface area (Å²) in [5.41, 5.74) is 1.91. The van der Waals surface area contributed by atoms with Gasteiger partial charge in [-0.25, -0.2) is 9.37 Å². The first-order chi connectivity index (χ1) is 10.1. The Kier molecular flexibility index (Phi) is 5.33. The number of aryl methyl sites for hydroxylation is 1. The second-order valence-corrected chi connectivity index (χ2v) is 5.14. The van der Waals surface area contributed by atoms with Gasteiger partial charge in [0.25, 0.3) is 0 Å². The lowest BCUT2D eigenvalue weighted by molar-refractivity contribution is 0.289. The maximum absolute atomic E-state index is 13.5. The second kappa shape index (κ2) is 7.22. The van der Waals surface area contributed by atoms with Crippen molar-refractivity contribution in [2.75, 3.05) is 6.54 Å². The van der Waals surface area contributed by atoms with Crippen LogP contribution in [-0.2, 0) is 13.7 Å². The second-order valence-electron chi connectivity index (χ2n) is 5.14. The van der Waals surface area contributed by atoms with Crippen molar-refractivity contribution in [1.82, 2.24) is 14.9 Å². The topological polar surface area (TPSA) is 39.1 Å². The predicted molar refractivity (Wildman–Crippen MR) is 80.6 cm³/mol. The van der Waals surface area contributed by atoms with E-state index in [0.717, 1.165) is 24.2 Å². The molecule has 0 aliphatic rings. The number of hydrogen-bond donors (Lipinski definition) is 1. The fourth-order valence-corrected chi connectivity index (χ4v) is 2.14. The molecule has 1 aromatic carbocycles. The van der Waals surface area contributed by atoms with Crippen LogP contribution in [0.25, 0.3) is 0 Å². The number of rotatable bonds is 7. The Labute approximate surface area is 125 Å². The smallest absolute Gasteiger partial charge is 0.130 e. The molecule has 1 unspecified atom stereocenters. The van der Waals surface area contributed by atoms with Crippen LogP contribution in [0.3, 0.4) is 0 Å². The van der Waals surface area contributed by atoms with Crippen molar-refractivity contribution in [3.05, 3.63) is 47.8 Å². The number of aromatic nitrogens is 2. The monoisotopic (exact) mass is 291 g/mol. The van der Waals surface area contributed by atoms with Gasteiger partial charge in [0.05, 0.1) is 18.2 Å². The van der Waals surface area contributed by atoms with Crippen LogP contribution in [-0.4, -0.2) is 16.1 Å². The van der Waals surface area contributed by atoms with Crippen LogP contribution in [0, 0.1) is 5.82 Å². The first kappa shape index (κ1) is 15.5. The molecule has 0 spiro atoms. The molecule has 2 aromatic rings. The minimum Gasteiger partial charge on any atom is -0.487 e. The normalized spacial score (nSPS) is 12.4. The molecule has 4 nitrogen and oxygen atoms in total. The number of hydrogen-bond acceptors (Lipinski definition) is 3. The van der Waals surface area contributed by atoms with Crippen LogP contribution >= 0.6 is 0 Å². The Morgan fingerprint density at radius 2 is 2.24 bits per heavy atom. The van der Waals surface area contributed by atoms with E-state index in [4.69, 9.17) is 4.74 Å². The summed E-state index contributed by atoms with van der Waals surface area (Å²) < 4.78 is 21.2. The largest absolute Gasteiger partial charge is 0.487 e. The number of nitrogens with one attached hydrogen (secondary N) is 1. The van der Waals surface area contributed by atoms with Crippen LogP contribution in [0.5, 0.6) is 5.75 Å². The van der Waals surface area contributed by atoms with Gasteiger partial charge in [-0.2, -0.15) is 0 Å². The Hall–Kier alpha value is -1.88. The molecular formula is C16H22FN3O. The van der Waals surface area contributed by atoms with Gasteiger partial charge in [-0.3, -0.25) is 0 Å². The molecule has 0 fully saturated rings. The lowest BCUT2D eigenvalue weighted by Crippen LogP contribution is -2.20. The zero-order valence-electron chi connectivity index (χ0n) is 12.8. The third-order valence-electron chi connectivity index (χ3n) is 3.43. The highest BCUT2D eigenvalue weighted by atomic mass is 19.1. The highest BCUT2D eigenvalue weighted by Gasteiger charge is 2.13. The molecule has 0 saturated carbocycles. The van der Waals surface area contributed by atoms with E-state index in [1.807, 2.05) is 11.6 Å². The molecule has 114 valence electrons. The van der Waals surface area contributed by atoms with Crippen molar-refractivity contribution in [1.29, 1.82) is 0 Å². The van der Waals surface area contributed by atoms with Gasteiger partial charge in [0, 0.05) is 24.7 Å². The van der Waals surface area contributed by atoms with Crippen LogP contribution in [0.2, 0.25) is 0 Å². The fraction of sp³-hybridized carbons (Fsp3) is 0.438. The van der Waals surface area contributed by atoms with Gasteiger partial charge < -0.3 is 14.6 Å². The summed E-state index contributed by atoms with van der Waals surface area (Å²) in [6.45, 7) is 5.46. The SMILES string of the molecule is CCCNC(C)c1ccc(F)cc1OCc1cncn1C. The molecule has 1 aromatic heterocycles. The van der Waals surface area contributed by atoms with Crippen molar-refractivity contribution in [3.8, 4) is 5.75 Å². The molecule has 0 bridgehead atoms. The molecule has 1 atom stereocenters. The van der Waals surface area contributed by atoms with Crippen LogP contribution in [0.15, 0.2) is 30.7 Å². The summed E-state index contributed by atoms with van der Waals surface area (Å²) in [4.78, 5) is 4.05. The van der Waals surface area contributed by atoms with E-state index < -0.39 is 0 Å². The minimum atomic E-state index is -0.290. The molecule has 0 amide bonds. The first-order valence-corrected chi connectivity index (χ1v) is 7.22. The average molecular weight is 291 g/mol. The van der Waals surface area contributed by atoms with Gasteiger partial charge in [-0.1, -0.05) is 13.0 Å². The van der Waals surface area contributed by atoms with Gasteiger partial charge in [0.15, 0.2) is 0 Å². The predicted octanol–water partition coefficient (Wildman–Crippen LogP) is 3.20. The lowest BCUT2D eigenvalue weighted by Gasteiger charge is -2.18. The number of benzene rings is 1. The van der Waals surface area contributed by atoms with Gasteiger partial charge >= 0.3 is 0 Å². The van der Waals surface area contributed by atoms with Crippen LogP contribution < -0.4 is 10.1 Å². The van der Waals surface area contributed by atoms with Gasteiger partial charge in [-0.15, -0.1) is 0 Å². The zero-order chi connectivity index (χ0) is 15.2. The highest BCUT2D eigenvalue weighted by Crippen LogP contribution is 2.27. The summed E-state index contributed by atoms with van der Waals surface area (Å²) in [5, 5.41) is 3.39. The standard InChI is InChI=1S/C16H22FN3O/c1-4-7-19-12(2)15-6-5-13(17)8-16(15)21-10-14-9-18-11-20(14)3/h5-6,8-9,11-12,19H,4,7,10H2,1-3H3. The first-order valence-electron chi connectivity index (χ1n) is 7.22. The van der Waals surface area contributed by atoms with Crippen molar-refractivity contribution >= 4 is 0 Å². The molecule has 5 heteroatoms. The molecular weight excluding hydrogens is 269 g/mol. The highest BCUT2D eigenvalue weighted by molar-refractivity contribution is 5.36. The minimum absolute atomic E-state index is 0.118. The number of imidazole rings is 1. The summed E-state index contributed by atoms with van der Waals surface area (Å²) in [5.74, 6) is 0.286. The van der Waals surface area contributed by atoms with Crippen LogP contribution in [0.4, 0.5) is 4.39 Å². The average Bonchev–Trinajstić information content (AvgIpc) is 2.88. The van der Waals surface area contributed by atoms with E-state index in [0.29, 0.717) is 12.4 Å². The molecule has 1 heterocycles. The quantitative estimate of drug-likeness (QED) is 0.851. The van der Waals surface area contributed by atoms with Gasteiger partial charge in [-0.05, 0) is 26.0 Å². The van der Waals surface area contributed by atoms with E-state index in [9.17, 15) is 4.39 Å². The zero-order valence-corrected chi connectivity index (χ0v) is 12.8. The number of nitrogens with zero attached hydrogens (tertiary/aromatic N) is 2. The summed E-state index contributed by atoms with van der Waals surface area (Å²) in [7, 11) is 1.91. The molecule has 2 rings (SSSR count). The third kappa shape index (κ3) is 4.04. The summed E-state index contributed by atoms with van der Waals surface area (Å²) in [6, 6.07) is 4.81. The van der Waals surface area contributed by atoms with E-state index in [2.05, 4.69) is 24.1 Å². The Balaban J connectivity index is 2.13. The van der Waals surface area contributed by atoms with E-state index in [-0.39, 0.29) is 11.9 Å². The van der Waals surface area contributed by atoms with Crippen LogP contribution in [0.1, 0.15) is 37.6 Å². The maximum Gasteiger partial charge on any atom is 0.130 e. The van der Waals surface area contributed by atoms with E-state index in [1.165, 1.54) is 12.1 Å². The third-order valence-corrected chi connectivity index (χ3v) is 3.43. The maximum atomic E-state index is 13.5.